The van der Waals surface area contributed by atoms with E-state index < -0.39 is 0 Å². The average molecular weight is 189 g/mol. The Labute approximate surface area is 84.2 Å². The maximum Gasteiger partial charge on any atom is 0.0769 e. The van der Waals surface area contributed by atoms with Crippen molar-refractivity contribution in [3.05, 3.63) is 36.2 Å². The SMILES string of the molecule is C1=CC(NCc2cccnn2)CCC1. The van der Waals surface area contributed by atoms with Gasteiger partial charge in [0.2, 0.25) is 0 Å². The molecule has 0 aliphatic heterocycles. The number of allylic oxidation sites excluding steroid dienone is 1. The van der Waals surface area contributed by atoms with Gasteiger partial charge in [0.15, 0.2) is 0 Å². The predicted octanol–water partition coefficient (Wildman–Crippen LogP) is 1.67. The molecule has 0 spiro atoms. The lowest BCUT2D eigenvalue weighted by Crippen LogP contribution is -2.28. The minimum absolute atomic E-state index is 0.519. The molecule has 14 heavy (non-hydrogen) atoms. The molecule has 1 aromatic heterocycles. The fourth-order valence-electron chi connectivity index (χ4n) is 1.65. The van der Waals surface area contributed by atoms with Gasteiger partial charge in [-0.2, -0.15) is 10.2 Å². The monoisotopic (exact) mass is 189 g/mol. The van der Waals surface area contributed by atoms with Crippen molar-refractivity contribution < 1.29 is 0 Å². The highest BCUT2D eigenvalue weighted by atomic mass is 15.1. The maximum absolute atomic E-state index is 4.03. The van der Waals surface area contributed by atoms with E-state index in [1.54, 1.807) is 6.20 Å². The summed E-state index contributed by atoms with van der Waals surface area (Å²) >= 11 is 0. The number of nitrogens with one attached hydrogen (secondary N) is 1. The van der Waals surface area contributed by atoms with E-state index in [0.717, 1.165) is 12.2 Å². The molecule has 3 nitrogen and oxygen atoms in total. The van der Waals surface area contributed by atoms with Gasteiger partial charge >= 0.3 is 0 Å². The second-order valence-electron chi connectivity index (χ2n) is 3.56. The summed E-state index contributed by atoms with van der Waals surface area (Å²) in [5, 5.41) is 11.3. The lowest BCUT2D eigenvalue weighted by atomic mass is 10.0. The van der Waals surface area contributed by atoms with Crippen molar-refractivity contribution >= 4 is 0 Å². The molecule has 0 amide bonds. The summed E-state index contributed by atoms with van der Waals surface area (Å²) in [4.78, 5) is 0. The van der Waals surface area contributed by atoms with Gasteiger partial charge in [-0.25, -0.2) is 0 Å². The van der Waals surface area contributed by atoms with Crippen LogP contribution in [0.25, 0.3) is 0 Å². The molecular weight excluding hydrogens is 174 g/mol. The summed E-state index contributed by atoms with van der Waals surface area (Å²) in [5.41, 5.74) is 1.01. The smallest absolute Gasteiger partial charge is 0.0769 e. The molecule has 74 valence electrons. The fourth-order valence-corrected chi connectivity index (χ4v) is 1.65. The molecule has 0 aromatic carbocycles. The van der Waals surface area contributed by atoms with Crippen LogP contribution in [0.5, 0.6) is 0 Å². The van der Waals surface area contributed by atoms with Gasteiger partial charge in [0.25, 0.3) is 0 Å². The Kier molecular flexibility index (Phi) is 3.24. The normalized spacial score (nSPS) is 21.0. The van der Waals surface area contributed by atoms with Crippen LogP contribution in [0.4, 0.5) is 0 Å². The second kappa shape index (κ2) is 4.86. The fraction of sp³-hybridized carbons (Fsp3) is 0.455. The second-order valence-corrected chi connectivity index (χ2v) is 3.56. The first-order valence-electron chi connectivity index (χ1n) is 5.12. The third-order valence-corrected chi connectivity index (χ3v) is 2.43. The topological polar surface area (TPSA) is 37.8 Å². The molecular formula is C11H15N3. The Hall–Kier alpha value is -1.22. The van der Waals surface area contributed by atoms with Crippen LogP contribution < -0.4 is 5.32 Å². The van der Waals surface area contributed by atoms with Crippen LogP contribution in [0.2, 0.25) is 0 Å². The van der Waals surface area contributed by atoms with Crippen molar-refractivity contribution in [2.75, 3.05) is 0 Å². The van der Waals surface area contributed by atoms with Crippen LogP contribution in [0.3, 0.4) is 0 Å². The molecule has 0 saturated heterocycles. The average Bonchev–Trinajstić information content (AvgIpc) is 2.29. The molecule has 1 N–H and O–H groups in total. The predicted molar refractivity (Wildman–Crippen MR) is 55.7 cm³/mol. The molecule has 1 aliphatic carbocycles. The van der Waals surface area contributed by atoms with E-state index in [4.69, 9.17) is 0 Å². The van der Waals surface area contributed by atoms with Crippen molar-refractivity contribution in [1.82, 2.24) is 15.5 Å². The number of nitrogens with zero attached hydrogens (tertiary/aromatic N) is 2. The molecule has 1 unspecified atom stereocenters. The molecule has 0 bridgehead atoms. The summed E-state index contributed by atoms with van der Waals surface area (Å²) in [7, 11) is 0. The zero-order chi connectivity index (χ0) is 9.64. The summed E-state index contributed by atoms with van der Waals surface area (Å²) in [6.45, 7) is 0.808. The van der Waals surface area contributed by atoms with Crippen LogP contribution in [-0.2, 0) is 6.54 Å². The molecule has 1 atom stereocenters. The Morgan fingerprint density at radius 1 is 1.50 bits per heavy atom. The first kappa shape index (κ1) is 9.34. The highest BCUT2D eigenvalue weighted by molar-refractivity contribution is 5.02. The van der Waals surface area contributed by atoms with Gasteiger partial charge in [-0.05, 0) is 31.4 Å². The van der Waals surface area contributed by atoms with Gasteiger partial charge in [0.05, 0.1) is 5.69 Å². The highest BCUT2D eigenvalue weighted by Crippen LogP contribution is 2.10. The van der Waals surface area contributed by atoms with Gasteiger partial charge in [0.1, 0.15) is 0 Å². The van der Waals surface area contributed by atoms with E-state index in [-0.39, 0.29) is 0 Å². The van der Waals surface area contributed by atoms with E-state index in [1.165, 1.54) is 19.3 Å². The summed E-state index contributed by atoms with van der Waals surface area (Å²) in [6, 6.07) is 4.43. The standard InChI is InChI=1S/C11H15N3/c1-2-5-10(6-3-1)12-9-11-7-4-8-13-14-11/h2,4-5,7-8,10,12H,1,3,6,9H2. The van der Waals surface area contributed by atoms with Crippen molar-refractivity contribution in [3.63, 3.8) is 0 Å². The van der Waals surface area contributed by atoms with Crippen molar-refractivity contribution in [2.24, 2.45) is 0 Å². The van der Waals surface area contributed by atoms with E-state index in [2.05, 4.69) is 27.7 Å². The van der Waals surface area contributed by atoms with Gasteiger partial charge < -0.3 is 5.32 Å². The minimum atomic E-state index is 0.519. The maximum atomic E-state index is 4.03. The molecule has 2 rings (SSSR count). The number of rotatable bonds is 3. The lowest BCUT2D eigenvalue weighted by Gasteiger charge is -2.17. The van der Waals surface area contributed by atoms with E-state index in [1.807, 2.05) is 12.1 Å². The zero-order valence-electron chi connectivity index (χ0n) is 8.19. The highest BCUT2D eigenvalue weighted by Gasteiger charge is 2.07. The van der Waals surface area contributed by atoms with Crippen LogP contribution in [0, 0.1) is 0 Å². The van der Waals surface area contributed by atoms with Gasteiger partial charge in [-0.3, -0.25) is 0 Å². The Bertz CT molecular complexity index is 295. The summed E-state index contributed by atoms with van der Waals surface area (Å²) in [5.74, 6) is 0. The van der Waals surface area contributed by atoms with Gasteiger partial charge in [-0.15, -0.1) is 0 Å². The van der Waals surface area contributed by atoms with Gasteiger partial charge in [0, 0.05) is 18.8 Å². The van der Waals surface area contributed by atoms with Gasteiger partial charge in [-0.1, -0.05) is 12.2 Å². The van der Waals surface area contributed by atoms with Crippen LogP contribution in [0.1, 0.15) is 25.0 Å². The van der Waals surface area contributed by atoms with Crippen molar-refractivity contribution in [3.8, 4) is 0 Å². The lowest BCUT2D eigenvalue weighted by molar-refractivity contribution is 0.516. The van der Waals surface area contributed by atoms with E-state index in [9.17, 15) is 0 Å². The Morgan fingerprint density at radius 3 is 3.21 bits per heavy atom. The van der Waals surface area contributed by atoms with Crippen LogP contribution in [0.15, 0.2) is 30.5 Å². The Morgan fingerprint density at radius 2 is 2.50 bits per heavy atom. The zero-order valence-corrected chi connectivity index (χ0v) is 8.19. The third kappa shape index (κ3) is 2.64. The summed E-state index contributed by atoms with van der Waals surface area (Å²) < 4.78 is 0. The van der Waals surface area contributed by atoms with E-state index in [0.29, 0.717) is 6.04 Å². The third-order valence-electron chi connectivity index (χ3n) is 2.43. The minimum Gasteiger partial charge on any atom is -0.305 e. The molecule has 3 heteroatoms. The summed E-state index contributed by atoms with van der Waals surface area (Å²) in [6.07, 6.45) is 9.94. The number of hydrogen-bond donors (Lipinski definition) is 1. The van der Waals surface area contributed by atoms with Crippen molar-refractivity contribution in [2.45, 2.75) is 31.8 Å². The Balaban J connectivity index is 1.82. The molecule has 1 aromatic rings. The molecule has 1 heterocycles. The molecule has 0 saturated carbocycles. The quantitative estimate of drug-likeness (QED) is 0.735. The van der Waals surface area contributed by atoms with E-state index >= 15 is 0 Å². The van der Waals surface area contributed by atoms with Crippen LogP contribution in [-0.4, -0.2) is 16.2 Å². The van der Waals surface area contributed by atoms with Crippen LogP contribution >= 0.6 is 0 Å². The van der Waals surface area contributed by atoms with Crippen molar-refractivity contribution in [1.29, 1.82) is 0 Å². The molecule has 1 aliphatic rings. The number of aromatic nitrogens is 2. The molecule has 0 radical (unpaired) electrons. The largest absolute Gasteiger partial charge is 0.305 e. The first-order valence-corrected chi connectivity index (χ1v) is 5.12. The number of hydrogen-bond acceptors (Lipinski definition) is 3. The first-order chi connectivity index (χ1) is 6.95. The molecule has 0 fully saturated rings.